The highest BCUT2D eigenvalue weighted by molar-refractivity contribution is 5.80. The summed E-state index contributed by atoms with van der Waals surface area (Å²) in [5, 5.41) is 9.16. The summed E-state index contributed by atoms with van der Waals surface area (Å²) in [7, 11) is 1.60. The number of carbonyl (C=O) groups is 1. The number of aromatic nitrogens is 3. The molecule has 2 aromatic heterocycles. The molecule has 1 N–H and O–H groups in total. The van der Waals surface area contributed by atoms with Gasteiger partial charge in [0.2, 0.25) is 0 Å². The van der Waals surface area contributed by atoms with Crippen molar-refractivity contribution in [2.75, 3.05) is 7.11 Å². The summed E-state index contributed by atoms with van der Waals surface area (Å²) in [5.74, 6) is 0.383. The zero-order chi connectivity index (χ0) is 15.7. The van der Waals surface area contributed by atoms with E-state index in [1.54, 1.807) is 17.9 Å². The molecule has 0 amide bonds. The van der Waals surface area contributed by atoms with E-state index in [1.165, 1.54) is 0 Å². The molecule has 3 aromatic rings. The molecule has 0 saturated heterocycles. The normalized spacial score (nSPS) is 10.8. The number of hydrogen-bond acceptors (Lipinski definition) is 4. The Kier molecular flexibility index (Phi) is 3.50. The SMILES string of the molecule is COc1ccc(-c2nc3cc(C)cnc3n2CC(=O)O)cc1. The number of benzene rings is 1. The highest BCUT2D eigenvalue weighted by Crippen LogP contribution is 2.25. The molecule has 1 aromatic carbocycles. The van der Waals surface area contributed by atoms with Crippen LogP contribution in [-0.4, -0.2) is 32.7 Å². The van der Waals surface area contributed by atoms with Crippen LogP contribution < -0.4 is 4.74 Å². The number of aryl methyl sites for hydroxylation is 1. The number of ether oxygens (including phenoxy) is 1. The molecular weight excluding hydrogens is 282 g/mol. The van der Waals surface area contributed by atoms with Crippen molar-refractivity contribution in [3.63, 3.8) is 0 Å². The summed E-state index contributed by atoms with van der Waals surface area (Å²) in [4.78, 5) is 20.0. The second kappa shape index (κ2) is 5.48. The van der Waals surface area contributed by atoms with Gasteiger partial charge in [-0.2, -0.15) is 0 Å². The highest BCUT2D eigenvalue weighted by Gasteiger charge is 2.16. The summed E-state index contributed by atoms with van der Waals surface area (Å²) in [6, 6.07) is 9.24. The number of pyridine rings is 1. The van der Waals surface area contributed by atoms with Gasteiger partial charge in [0, 0.05) is 11.8 Å². The van der Waals surface area contributed by atoms with Gasteiger partial charge in [0.15, 0.2) is 5.65 Å². The highest BCUT2D eigenvalue weighted by atomic mass is 16.5. The van der Waals surface area contributed by atoms with E-state index in [4.69, 9.17) is 9.84 Å². The Morgan fingerprint density at radius 1 is 1.32 bits per heavy atom. The van der Waals surface area contributed by atoms with Crippen molar-refractivity contribution in [1.82, 2.24) is 14.5 Å². The van der Waals surface area contributed by atoms with Gasteiger partial charge in [-0.1, -0.05) is 0 Å². The molecule has 0 spiro atoms. The standard InChI is InChI=1S/C16H15N3O3/c1-10-7-13-16(17-8-10)19(9-14(20)21)15(18-13)11-3-5-12(22-2)6-4-11/h3-8H,9H2,1-2H3,(H,20,21). The Labute approximate surface area is 127 Å². The molecule has 0 saturated carbocycles. The largest absolute Gasteiger partial charge is 0.497 e. The van der Waals surface area contributed by atoms with E-state index < -0.39 is 5.97 Å². The van der Waals surface area contributed by atoms with E-state index in [2.05, 4.69) is 9.97 Å². The van der Waals surface area contributed by atoms with Gasteiger partial charge >= 0.3 is 5.97 Å². The number of carboxylic acid groups (broad SMARTS) is 1. The number of methoxy groups -OCH3 is 1. The molecule has 0 aliphatic carbocycles. The van der Waals surface area contributed by atoms with Crippen molar-refractivity contribution in [2.45, 2.75) is 13.5 Å². The lowest BCUT2D eigenvalue weighted by Crippen LogP contribution is -2.10. The van der Waals surface area contributed by atoms with Crippen LogP contribution in [0, 0.1) is 6.92 Å². The topological polar surface area (TPSA) is 77.2 Å². The summed E-state index contributed by atoms with van der Waals surface area (Å²) in [6.45, 7) is 1.74. The van der Waals surface area contributed by atoms with Gasteiger partial charge in [0.1, 0.15) is 23.6 Å². The van der Waals surface area contributed by atoms with Crippen LogP contribution in [0.15, 0.2) is 36.5 Å². The maximum Gasteiger partial charge on any atom is 0.323 e. The van der Waals surface area contributed by atoms with Crippen LogP contribution in [0.25, 0.3) is 22.6 Å². The molecule has 0 atom stereocenters. The van der Waals surface area contributed by atoms with Gasteiger partial charge in [-0.15, -0.1) is 0 Å². The first-order chi connectivity index (χ1) is 10.6. The molecule has 0 radical (unpaired) electrons. The molecule has 0 fully saturated rings. The van der Waals surface area contributed by atoms with E-state index in [0.717, 1.165) is 16.9 Å². The zero-order valence-electron chi connectivity index (χ0n) is 12.3. The second-order valence-corrected chi connectivity index (χ2v) is 5.00. The minimum Gasteiger partial charge on any atom is -0.497 e. The number of fused-ring (bicyclic) bond motifs is 1. The number of nitrogens with zero attached hydrogens (tertiary/aromatic N) is 3. The third kappa shape index (κ3) is 2.50. The maximum absolute atomic E-state index is 11.2. The summed E-state index contributed by atoms with van der Waals surface area (Å²) in [6.07, 6.45) is 1.71. The Balaban J connectivity index is 2.19. The minimum atomic E-state index is -0.934. The van der Waals surface area contributed by atoms with Crippen LogP contribution in [0.3, 0.4) is 0 Å². The third-order valence-corrected chi connectivity index (χ3v) is 3.36. The minimum absolute atomic E-state index is 0.187. The predicted molar refractivity (Wildman–Crippen MR) is 81.9 cm³/mol. The molecule has 6 nitrogen and oxygen atoms in total. The quantitative estimate of drug-likeness (QED) is 0.800. The number of imidazole rings is 1. The van der Waals surface area contributed by atoms with Crippen molar-refractivity contribution in [3.8, 4) is 17.1 Å². The maximum atomic E-state index is 11.2. The van der Waals surface area contributed by atoms with Crippen LogP contribution >= 0.6 is 0 Å². The van der Waals surface area contributed by atoms with Crippen molar-refractivity contribution in [2.24, 2.45) is 0 Å². The lowest BCUT2D eigenvalue weighted by molar-refractivity contribution is -0.137. The number of carboxylic acids is 1. The monoisotopic (exact) mass is 297 g/mol. The van der Waals surface area contributed by atoms with E-state index >= 15 is 0 Å². The Bertz CT molecular complexity index is 838. The van der Waals surface area contributed by atoms with Gasteiger partial charge in [-0.3, -0.25) is 9.36 Å². The fraction of sp³-hybridized carbons (Fsp3) is 0.188. The molecule has 2 heterocycles. The van der Waals surface area contributed by atoms with Crippen LogP contribution in [0.5, 0.6) is 5.75 Å². The van der Waals surface area contributed by atoms with Crippen molar-refractivity contribution in [1.29, 1.82) is 0 Å². The van der Waals surface area contributed by atoms with Crippen molar-refractivity contribution < 1.29 is 14.6 Å². The predicted octanol–water partition coefficient (Wildman–Crippen LogP) is 2.50. The first kappa shape index (κ1) is 14.1. The molecule has 6 heteroatoms. The first-order valence-electron chi connectivity index (χ1n) is 6.77. The van der Waals surface area contributed by atoms with Gasteiger partial charge in [0.05, 0.1) is 7.11 Å². The molecule has 0 aliphatic heterocycles. The number of rotatable bonds is 4. The average molecular weight is 297 g/mol. The molecule has 0 unspecified atom stereocenters. The van der Waals surface area contributed by atoms with Crippen LogP contribution in [0.2, 0.25) is 0 Å². The summed E-state index contributed by atoms with van der Waals surface area (Å²) in [5.41, 5.74) is 3.05. The van der Waals surface area contributed by atoms with Crippen LogP contribution in [0.4, 0.5) is 0 Å². The Morgan fingerprint density at radius 3 is 2.68 bits per heavy atom. The lowest BCUT2D eigenvalue weighted by Gasteiger charge is -2.06. The zero-order valence-corrected chi connectivity index (χ0v) is 12.3. The van der Waals surface area contributed by atoms with Gasteiger partial charge < -0.3 is 9.84 Å². The van der Waals surface area contributed by atoms with Crippen molar-refractivity contribution >= 4 is 17.1 Å². The first-order valence-corrected chi connectivity index (χ1v) is 6.77. The average Bonchev–Trinajstić information content (AvgIpc) is 2.84. The molecule has 112 valence electrons. The van der Waals surface area contributed by atoms with Gasteiger partial charge in [0.25, 0.3) is 0 Å². The van der Waals surface area contributed by atoms with E-state index in [-0.39, 0.29) is 6.54 Å². The van der Waals surface area contributed by atoms with E-state index in [9.17, 15) is 4.79 Å². The third-order valence-electron chi connectivity index (χ3n) is 3.36. The molecular formula is C16H15N3O3. The Morgan fingerprint density at radius 2 is 2.05 bits per heavy atom. The fourth-order valence-electron chi connectivity index (χ4n) is 2.36. The van der Waals surface area contributed by atoms with Crippen molar-refractivity contribution in [3.05, 3.63) is 42.1 Å². The smallest absolute Gasteiger partial charge is 0.323 e. The van der Waals surface area contributed by atoms with Crippen LogP contribution in [-0.2, 0) is 11.3 Å². The van der Waals surface area contributed by atoms with Gasteiger partial charge in [-0.25, -0.2) is 9.97 Å². The summed E-state index contributed by atoms with van der Waals surface area (Å²) >= 11 is 0. The van der Waals surface area contributed by atoms with E-state index in [0.29, 0.717) is 17.0 Å². The molecule has 0 bridgehead atoms. The number of aliphatic carboxylic acids is 1. The lowest BCUT2D eigenvalue weighted by atomic mass is 10.2. The molecule has 3 rings (SSSR count). The Hall–Kier alpha value is -2.89. The number of hydrogen-bond donors (Lipinski definition) is 1. The van der Waals surface area contributed by atoms with Gasteiger partial charge in [-0.05, 0) is 42.8 Å². The van der Waals surface area contributed by atoms with E-state index in [1.807, 2.05) is 37.3 Å². The second-order valence-electron chi connectivity index (χ2n) is 5.00. The molecule has 0 aliphatic rings. The fourth-order valence-corrected chi connectivity index (χ4v) is 2.36. The molecule has 22 heavy (non-hydrogen) atoms. The summed E-state index contributed by atoms with van der Waals surface area (Å²) < 4.78 is 6.75. The van der Waals surface area contributed by atoms with Crippen LogP contribution in [0.1, 0.15) is 5.56 Å².